The minimum atomic E-state index is -0.509. The van der Waals surface area contributed by atoms with E-state index < -0.39 is 6.04 Å². The van der Waals surface area contributed by atoms with Gasteiger partial charge in [-0.15, -0.1) is 0 Å². The Hall–Kier alpha value is -2.62. The van der Waals surface area contributed by atoms with Crippen molar-refractivity contribution in [1.29, 1.82) is 0 Å². The van der Waals surface area contributed by atoms with Gasteiger partial charge in [0, 0.05) is 5.69 Å². The average Bonchev–Trinajstić information content (AvgIpc) is 2.84. The number of carbonyl (C=O) groups is 2. The maximum absolute atomic E-state index is 12.7. The molecule has 24 heavy (non-hydrogen) atoms. The van der Waals surface area contributed by atoms with Crippen molar-refractivity contribution in [1.82, 2.24) is 0 Å². The number of hydrogen-bond donors (Lipinski definition) is 1. The van der Waals surface area contributed by atoms with Gasteiger partial charge in [0.25, 0.3) is 5.91 Å². The smallest absolute Gasteiger partial charge is 0.256 e. The molecule has 0 unspecified atom stereocenters. The fourth-order valence-corrected chi connectivity index (χ4v) is 3.06. The Bertz CT molecular complexity index is 781. The normalized spacial score (nSPS) is 17.5. The van der Waals surface area contributed by atoms with Gasteiger partial charge in [-0.1, -0.05) is 36.8 Å². The Morgan fingerprint density at radius 2 is 1.79 bits per heavy atom. The number of amides is 2. The van der Waals surface area contributed by atoms with E-state index in [-0.39, 0.29) is 18.2 Å². The van der Waals surface area contributed by atoms with Gasteiger partial charge in [-0.25, -0.2) is 4.90 Å². The molecule has 0 radical (unpaired) electrons. The number of rotatable bonds is 4. The molecule has 4 heteroatoms. The monoisotopic (exact) mass is 322 g/mol. The molecule has 1 atom stereocenters. The van der Waals surface area contributed by atoms with Gasteiger partial charge in [0.2, 0.25) is 5.91 Å². The third kappa shape index (κ3) is 3.04. The molecule has 1 fully saturated rings. The van der Waals surface area contributed by atoms with Gasteiger partial charge >= 0.3 is 0 Å². The van der Waals surface area contributed by atoms with Crippen molar-refractivity contribution in [3.8, 4) is 0 Å². The number of aryl methyl sites for hydroxylation is 3. The van der Waals surface area contributed by atoms with Crippen molar-refractivity contribution in [2.45, 2.75) is 39.7 Å². The van der Waals surface area contributed by atoms with Crippen LogP contribution in [0.3, 0.4) is 0 Å². The molecule has 1 aliphatic rings. The lowest BCUT2D eigenvalue weighted by Crippen LogP contribution is -2.34. The first kappa shape index (κ1) is 16.2. The number of anilines is 2. The predicted octanol–water partition coefficient (Wildman–Crippen LogP) is 3.61. The van der Waals surface area contributed by atoms with Crippen molar-refractivity contribution in [2.75, 3.05) is 10.2 Å². The summed E-state index contributed by atoms with van der Waals surface area (Å²) in [5, 5.41) is 3.23. The fourth-order valence-electron chi connectivity index (χ4n) is 3.06. The summed E-state index contributed by atoms with van der Waals surface area (Å²) in [5.74, 6) is -0.351. The van der Waals surface area contributed by atoms with E-state index in [2.05, 4.69) is 18.3 Å². The van der Waals surface area contributed by atoms with E-state index >= 15 is 0 Å². The molecule has 1 saturated heterocycles. The molecule has 3 rings (SSSR count). The van der Waals surface area contributed by atoms with Gasteiger partial charge in [-0.3, -0.25) is 9.59 Å². The molecule has 0 aromatic heterocycles. The van der Waals surface area contributed by atoms with Crippen LogP contribution in [-0.4, -0.2) is 17.9 Å². The minimum Gasteiger partial charge on any atom is -0.373 e. The minimum absolute atomic E-state index is 0.161. The molecular formula is C20H22N2O2. The second-order valence-corrected chi connectivity index (χ2v) is 6.31. The molecular weight excluding hydrogens is 300 g/mol. The van der Waals surface area contributed by atoms with Gasteiger partial charge < -0.3 is 5.32 Å². The van der Waals surface area contributed by atoms with Crippen molar-refractivity contribution < 1.29 is 9.59 Å². The molecule has 1 heterocycles. The highest BCUT2D eigenvalue weighted by atomic mass is 16.2. The molecule has 0 bridgehead atoms. The molecule has 0 saturated carbocycles. The zero-order chi connectivity index (χ0) is 17.3. The Labute approximate surface area is 142 Å². The van der Waals surface area contributed by atoms with Crippen LogP contribution in [-0.2, 0) is 16.0 Å². The van der Waals surface area contributed by atoms with E-state index in [4.69, 9.17) is 0 Å². The summed E-state index contributed by atoms with van der Waals surface area (Å²) in [7, 11) is 0. The summed E-state index contributed by atoms with van der Waals surface area (Å²) in [6, 6.07) is 13.1. The maximum atomic E-state index is 12.7. The van der Waals surface area contributed by atoms with E-state index in [0.29, 0.717) is 5.69 Å². The quantitative estimate of drug-likeness (QED) is 0.875. The largest absolute Gasteiger partial charge is 0.373 e. The van der Waals surface area contributed by atoms with Gasteiger partial charge in [-0.2, -0.15) is 0 Å². The highest BCUT2D eigenvalue weighted by Crippen LogP contribution is 2.26. The highest BCUT2D eigenvalue weighted by molar-refractivity contribution is 6.23. The van der Waals surface area contributed by atoms with Crippen LogP contribution in [0.1, 0.15) is 30.0 Å². The molecule has 124 valence electrons. The molecule has 4 nitrogen and oxygen atoms in total. The molecule has 2 amide bonds. The van der Waals surface area contributed by atoms with E-state index in [9.17, 15) is 9.59 Å². The summed E-state index contributed by atoms with van der Waals surface area (Å²) in [5.41, 5.74) is 4.97. The third-order valence-corrected chi connectivity index (χ3v) is 4.46. The summed E-state index contributed by atoms with van der Waals surface area (Å²) in [4.78, 5) is 26.3. The van der Waals surface area contributed by atoms with Crippen molar-refractivity contribution >= 4 is 23.2 Å². The molecule has 2 aromatic carbocycles. The summed E-state index contributed by atoms with van der Waals surface area (Å²) < 4.78 is 0. The van der Waals surface area contributed by atoms with Crippen molar-refractivity contribution in [3.63, 3.8) is 0 Å². The first-order chi connectivity index (χ1) is 11.5. The van der Waals surface area contributed by atoms with Gasteiger partial charge in [-0.05, 0) is 49.6 Å². The van der Waals surface area contributed by atoms with Gasteiger partial charge in [0.05, 0.1) is 12.1 Å². The van der Waals surface area contributed by atoms with Crippen LogP contribution in [0.15, 0.2) is 42.5 Å². The maximum Gasteiger partial charge on any atom is 0.256 e. The average molecular weight is 322 g/mol. The van der Waals surface area contributed by atoms with Crippen LogP contribution >= 0.6 is 0 Å². The second-order valence-electron chi connectivity index (χ2n) is 6.31. The summed E-state index contributed by atoms with van der Waals surface area (Å²) in [6.45, 7) is 6.10. The lowest BCUT2D eigenvalue weighted by Gasteiger charge is -2.17. The molecule has 1 aliphatic heterocycles. The summed E-state index contributed by atoms with van der Waals surface area (Å²) >= 11 is 0. The number of benzene rings is 2. The SMILES string of the molecule is CCc1ccc(N2C(=O)C[C@@H](Nc3ccc(C)cc3C)C2=O)cc1. The van der Waals surface area contributed by atoms with E-state index in [0.717, 1.165) is 17.7 Å². The fraction of sp³-hybridized carbons (Fsp3) is 0.300. The number of hydrogen-bond acceptors (Lipinski definition) is 3. The molecule has 0 aliphatic carbocycles. The second kappa shape index (κ2) is 6.48. The number of carbonyl (C=O) groups excluding carboxylic acids is 2. The first-order valence-electron chi connectivity index (χ1n) is 8.29. The Morgan fingerprint density at radius 3 is 2.42 bits per heavy atom. The lowest BCUT2D eigenvalue weighted by atomic mass is 10.1. The van der Waals surface area contributed by atoms with Crippen LogP contribution in [0.2, 0.25) is 0 Å². The van der Waals surface area contributed by atoms with E-state index in [1.807, 2.05) is 50.2 Å². The molecule has 2 aromatic rings. The standard InChI is InChI=1S/C20H22N2O2/c1-4-15-6-8-16(9-7-15)22-19(23)12-18(20(22)24)21-17-10-5-13(2)11-14(17)3/h5-11,18,21H,4,12H2,1-3H3/t18-/m1/s1. The van der Waals surface area contributed by atoms with Crippen LogP contribution in [0.5, 0.6) is 0 Å². The lowest BCUT2D eigenvalue weighted by molar-refractivity contribution is -0.121. The number of nitrogens with zero attached hydrogens (tertiary/aromatic N) is 1. The van der Waals surface area contributed by atoms with Crippen molar-refractivity contribution in [3.05, 3.63) is 59.2 Å². The van der Waals surface area contributed by atoms with E-state index in [1.165, 1.54) is 16.0 Å². The number of imide groups is 1. The Kier molecular flexibility index (Phi) is 4.38. The van der Waals surface area contributed by atoms with Crippen LogP contribution < -0.4 is 10.2 Å². The van der Waals surface area contributed by atoms with Crippen LogP contribution in [0.25, 0.3) is 0 Å². The topological polar surface area (TPSA) is 49.4 Å². The zero-order valence-corrected chi connectivity index (χ0v) is 14.3. The Balaban J connectivity index is 1.80. The van der Waals surface area contributed by atoms with E-state index in [1.54, 1.807) is 0 Å². The highest BCUT2D eigenvalue weighted by Gasteiger charge is 2.39. The van der Waals surface area contributed by atoms with Crippen LogP contribution in [0.4, 0.5) is 11.4 Å². The molecule has 1 N–H and O–H groups in total. The Morgan fingerprint density at radius 1 is 1.08 bits per heavy atom. The number of nitrogens with one attached hydrogen (secondary N) is 1. The first-order valence-corrected chi connectivity index (χ1v) is 8.29. The zero-order valence-electron chi connectivity index (χ0n) is 14.3. The van der Waals surface area contributed by atoms with Crippen molar-refractivity contribution in [2.24, 2.45) is 0 Å². The van der Waals surface area contributed by atoms with Gasteiger partial charge in [0.15, 0.2) is 0 Å². The third-order valence-electron chi connectivity index (χ3n) is 4.46. The van der Waals surface area contributed by atoms with Gasteiger partial charge in [0.1, 0.15) is 6.04 Å². The summed E-state index contributed by atoms with van der Waals surface area (Å²) in [6.07, 6.45) is 1.11. The molecule has 0 spiro atoms. The van der Waals surface area contributed by atoms with Crippen LogP contribution in [0, 0.1) is 13.8 Å². The predicted molar refractivity (Wildman–Crippen MR) is 96.3 cm³/mol.